The van der Waals surface area contributed by atoms with E-state index >= 15 is 0 Å². The molecule has 0 amide bonds. The topological polar surface area (TPSA) is 72.5 Å². The van der Waals surface area contributed by atoms with Crippen LogP contribution in [0.5, 0.6) is 0 Å². The Bertz CT molecular complexity index is 918. The van der Waals surface area contributed by atoms with Gasteiger partial charge in [-0.25, -0.2) is 13.1 Å². The van der Waals surface area contributed by atoms with Gasteiger partial charge in [0.2, 0.25) is 10.0 Å². The van der Waals surface area contributed by atoms with Gasteiger partial charge in [-0.2, -0.15) is 0 Å². The van der Waals surface area contributed by atoms with Gasteiger partial charge < -0.3 is 4.74 Å². The van der Waals surface area contributed by atoms with Gasteiger partial charge in [0.25, 0.3) is 0 Å². The lowest BCUT2D eigenvalue weighted by Crippen LogP contribution is -2.28. The van der Waals surface area contributed by atoms with Crippen molar-refractivity contribution in [3.63, 3.8) is 0 Å². The number of carbonyl (C=O) groups is 1. The Hall–Kier alpha value is -1.96. The van der Waals surface area contributed by atoms with Gasteiger partial charge in [-0.1, -0.05) is 48.7 Å². The molecule has 5 nitrogen and oxygen atoms in total. The van der Waals surface area contributed by atoms with Crippen LogP contribution >= 0.6 is 11.6 Å². The van der Waals surface area contributed by atoms with Crippen molar-refractivity contribution in [3.05, 3.63) is 64.7 Å². The largest absolute Gasteiger partial charge is 0.469 e. The molecule has 2 aromatic rings. The van der Waals surface area contributed by atoms with Crippen molar-refractivity contribution in [1.29, 1.82) is 0 Å². The molecular weight excluding hydrogens is 441 g/mol. The van der Waals surface area contributed by atoms with E-state index in [1.807, 2.05) is 24.3 Å². The Morgan fingerprint density at radius 3 is 2.32 bits per heavy atom. The van der Waals surface area contributed by atoms with Crippen LogP contribution in [0.3, 0.4) is 0 Å². The lowest BCUT2D eigenvalue weighted by Gasteiger charge is -2.20. The summed E-state index contributed by atoms with van der Waals surface area (Å²) in [6.07, 6.45) is 4.20. The fourth-order valence-electron chi connectivity index (χ4n) is 3.24. The van der Waals surface area contributed by atoms with Crippen molar-refractivity contribution in [1.82, 2.24) is 4.72 Å². The van der Waals surface area contributed by atoms with Crippen LogP contribution in [-0.2, 0) is 26.0 Å². The van der Waals surface area contributed by atoms with Crippen molar-refractivity contribution in [3.8, 4) is 0 Å². The van der Waals surface area contributed by atoms with E-state index < -0.39 is 16.1 Å². The van der Waals surface area contributed by atoms with E-state index in [0.717, 1.165) is 17.5 Å². The number of hydrogen-bond acceptors (Lipinski definition) is 4. The van der Waals surface area contributed by atoms with Gasteiger partial charge in [0, 0.05) is 17.5 Å². The number of carbonyl (C=O) groups excluding carboxylic acids is 1. The van der Waals surface area contributed by atoms with Crippen LogP contribution in [0.2, 0.25) is 5.02 Å². The van der Waals surface area contributed by atoms with E-state index in [9.17, 15) is 17.6 Å². The third kappa shape index (κ3) is 8.59. The number of halogens is 2. The molecular formula is C23H29ClFNO4S. The first-order valence-corrected chi connectivity index (χ1v) is 12.2. The van der Waals surface area contributed by atoms with Crippen molar-refractivity contribution < 1.29 is 22.3 Å². The van der Waals surface area contributed by atoms with Crippen LogP contribution in [0.1, 0.15) is 55.7 Å². The number of methoxy groups -OCH3 is 1. The van der Waals surface area contributed by atoms with Crippen LogP contribution in [0.25, 0.3) is 0 Å². The number of aryl methyl sites for hydroxylation is 1. The summed E-state index contributed by atoms with van der Waals surface area (Å²) in [4.78, 5) is 11.4. The molecule has 0 heterocycles. The monoisotopic (exact) mass is 469 g/mol. The maximum Gasteiger partial charge on any atom is 0.305 e. The molecule has 0 aliphatic rings. The van der Waals surface area contributed by atoms with E-state index in [1.54, 1.807) is 0 Å². The predicted octanol–water partition coefficient (Wildman–Crippen LogP) is 5.39. The number of rotatable bonds is 13. The average Bonchev–Trinajstić information content (AvgIpc) is 2.76. The molecule has 170 valence electrons. The highest BCUT2D eigenvalue weighted by molar-refractivity contribution is 7.89. The second-order valence-corrected chi connectivity index (χ2v) is 9.49. The van der Waals surface area contributed by atoms with Crippen LogP contribution in [-0.4, -0.2) is 28.2 Å². The Labute approximate surface area is 189 Å². The minimum atomic E-state index is -3.74. The van der Waals surface area contributed by atoms with E-state index in [4.69, 9.17) is 11.6 Å². The molecule has 2 rings (SSSR count). The van der Waals surface area contributed by atoms with E-state index in [1.165, 1.54) is 31.4 Å². The maximum atomic E-state index is 12.9. The molecule has 0 saturated heterocycles. The SMILES string of the molecule is COC(=O)CCCc1ccc(C(CCCCCF)NS(=O)(=O)c2ccc(Cl)cc2)cc1. The van der Waals surface area contributed by atoms with Gasteiger partial charge in [0.1, 0.15) is 0 Å². The highest BCUT2D eigenvalue weighted by Crippen LogP contribution is 2.24. The molecule has 1 atom stereocenters. The normalized spacial score (nSPS) is 12.5. The highest BCUT2D eigenvalue weighted by Gasteiger charge is 2.21. The molecule has 0 spiro atoms. The van der Waals surface area contributed by atoms with Crippen LogP contribution in [0.4, 0.5) is 4.39 Å². The molecule has 1 N–H and O–H groups in total. The second-order valence-electron chi connectivity index (χ2n) is 7.34. The van der Waals surface area contributed by atoms with Gasteiger partial charge in [-0.15, -0.1) is 0 Å². The molecule has 2 aromatic carbocycles. The molecule has 0 aliphatic carbocycles. The summed E-state index contributed by atoms with van der Waals surface area (Å²) in [5.74, 6) is -0.235. The number of sulfonamides is 1. The minimum absolute atomic E-state index is 0.144. The van der Waals surface area contributed by atoms with Crippen molar-refractivity contribution in [2.75, 3.05) is 13.8 Å². The van der Waals surface area contributed by atoms with Gasteiger partial charge >= 0.3 is 5.97 Å². The number of nitrogens with one attached hydrogen (secondary N) is 1. The minimum Gasteiger partial charge on any atom is -0.469 e. The van der Waals surface area contributed by atoms with Crippen molar-refractivity contribution in [2.24, 2.45) is 0 Å². The zero-order valence-electron chi connectivity index (χ0n) is 17.7. The lowest BCUT2D eigenvalue weighted by atomic mass is 9.99. The number of unbranched alkanes of at least 4 members (excludes halogenated alkanes) is 2. The summed E-state index contributed by atoms with van der Waals surface area (Å²) in [5.41, 5.74) is 1.90. The molecule has 0 saturated carbocycles. The first-order valence-electron chi connectivity index (χ1n) is 10.3. The van der Waals surface area contributed by atoms with E-state index in [2.05, 4.69) is 9.46 Å². The Kier molecular flexibility index (Phi) is 10.4. The van der Waals surface area contributed by atoms with Crippen LogP contribution < -0.4 is 4.72 Å². The summed E-state index contributed by atoms with van der Waals surface area (Å²) >= 11 is 5.87. The van der Waals surface area contributed by atoms with Crippen LogP contribution in [0.15, 0.2) is 53.4 Å². The zero-order chi connectivity index (χ0) is 22.7. The fourth-order valence-corrected chi connectivity index (χ4v) is 4.62. The fraction of sp³-hybridized carbons (Fsp3) is 0.435. The number of alkyl halides is 1. The van der Waals surface area contributed by atoms with Crippen molar-refractivity contribution in [2.45, 2.75) is 55.9 Å². The average molecular weight is 470 g/mol. The Balaban J connectivity index is 2.11. The molecule has 0 fully saturated rings. The van der Waals surface area contributed by atoms with E-state index in [-0.39, 0.29) is 17.5 Å². The standard InChI is InChI=1S/C23H29ClFNO4S/c1-30-23(27)8-5-6-18-9-11-19(12-10-18)22(7-3-2-4-17-25)26-31(28,29)21-15-13-20(24)14-16-21/h9-16,22,26H,2-8,17H2,1H3. The van der Waals surface area contributed by atoms with Gasteiger partial charge in [-0.05, 0) is 61.1 Å². The third-order valence-electron chi connectivity index (χ3n) is 5.00. The molecule has 0 aromatic heterocycles. The summed E-state index contributed by atoms with van der Waals surface area (Å²) in [7, 11) is -2.37. The smallest absolute Gasteiger partial charge is 0.305 e. The summed E-state index contributed by atoms with van der Waals surface area (Å²) in [6.45, 7) is -0.374. The first-order chi connectivity index (χ1) is 14.9. The summed E-state index contributed by atoms with van der Waals surface area (Å²) in [5, 5.41) is 0.463. The first kappa shape index (κ1) is 25.3. The number of esters is 1. The number of hydrogen-bond donors (Lipinski definition) is 1. The Morgan fingerprint density at radius 2 is 1.71 bits per heavy atom. The van der Waals surface area contributed by atoms with Crippen molar-refractivity contribution >= 4 is 27.6 Å². The van der Waals surface area contributed by atoms with Crippen LogP contribution in [0, 0.1) is 0 Å². The number of benzene rings is 2. The molecule has 8 heteroatoms. The molecule has 0 bridgehead atoms. The summed E-state index contributed by atoms with van der Waals surface area (Å²) < 4.78 is 45.6. The predicted molar refractivity (Wildman–Crippen MR) is 120 cm³/mol. The zero-order valence-corrected chi connectivity index (χ0v) is 19.2. The third-order valence-corrected chi connectivity index (χ3v) is 6.74. The van der Waals surface area contributed by atoms with E-state index in [0.29, 0.717) is 43.5 Å². The quantitative estimate of drug-likeness (QED) is 0.315. The second kappa shape index (κ2) is 12.8. The molecule has 31 heavy (non-hydrogen) atoms. The van der Waals surface area contributed by atoms with Gasteiger partial charge in [0.15, 0.2) is 0 Å². The molecule has 0 radical (unpaired) electrons. The summed E-state index contributed by atoms with van der Waals surface area (Å²) in [6, 6.07) is 13.3. The van der Waals surface area contributed by atoms with Gasteiger partial charge in [0.05, 0.1) is 18.7 Å². The Morgan fingerprint density at radius 1 is 1.03 bits per heavy atom. The number of ether oxygens (including phenoxy) is 1. The lowest BCUT2D eigenvalue weighted by molar-refractivity contribution is -0.140. The highest BCUT2D eigenvalue weighted by atomic mass is 35.5. The maximum absolute atomic E-state index is 12.9. The van der Waals surface area contributed by atoms with Gasteiger partial charge in [-0.3, -0.25) is 9.18 Å². The molecule has 1 unspecified atom stereocenters. The molecule has 0 aliphatic heterocycles.